The monoisotopic (exact) mass is 371 g/mol. The van der Waals surface area contributed by atoms with E-state index in [1.165, 1.54) is 0 Å². The second kappa shape index (κ2) is 11.0. The predicted octanol–water partition coefficient (Wildman–Crippen LogP) is 4.07. The van der Waals surface area contributed by atoms with E-state index in [-0.39, 0.29) is 0 Å². The molecule has 0 fully saturated rings. The van der Waals surface area contributed by atoms with Gasteiger partial charge in [-0.2, -0.15) is 0 Å². The Morgan fingerprint density at radius 1 is 1.00 bits per heavy atom. The van der Waals surface area contributed by atoms with Crippen molar-refractivity contribution in [3.05, 3.63) is 48.0 Å². The van der Waals surface area contributed by atoms with Crippen LogP contribution in [0.3, 0.4) is 0 Å². The summed E-state index contributed by atoms with van der Waals surface area (Å²) in [5.41, 5.74) is 1.96. The highest BCUT2D eigenvalue weighted by atomic mass is 16.5. The summed E-state index contributed by atoms with van der Waals surface area (Å²) in [6.45, 7) is 6.16. The maximum absolute atomic E-state index is 5.69. The molecule has 0 unspecified atom stereocenters. The van der Waals surface area contributed by atoms with E-state index in [4.69, 9.17) is 14.2 Å². The summed E-state index contributed by atoms with van der Waals surface area (Å²) in [6, 6.07) is 13.7. The van der Waals surface area contributed by atoms with E-state index in [0.29, 0.717) is 24.0 Å². The molecule has 27 heavy (non-hydrogen) atoms. The Morgan fingerprint density at radius 2 is 1.81 bits per heavy atom. The van der Waals surface area contributed by atoms with Crippen LogP contribution < -0.4 is 24.8 Å². The quantitative estimate of drug-likeness (QED) is 0.514. The molecule has 2 rings (SSSR count). The summed E-state index contributed by atoms with van der Waals surface area (Å²) in [5.74, 6) is 2.93. The number of hydrogen-bond donors (Lipinski definition) is 2. The first kappa shape index (κ1) is 20.4. The van der Waals surface area contributed by atoms with Crippen molar-refractivity contribution < 1.29 is 14.2 Å². The molecule has 146 valence electrons. The van der Waals surface area contributed by atoms with Crippen molar-refractivity contribution in [1.29, 1.82) is 0 Å². The second-order valence-corrected chi connectivity index (χ2v) is 5.89. The highest BCUT2D eigenvalue weighted by Crippen LogP contribution is 2.29. The molecule has 0 bridgehead atoms. The van der Waals surface area contributed by atoms with E-state index in [9.17, 15) is 0 Å². The van der Waals surface area contributed by atoms with E-state index in [2.05, 4.69) is 22.5 Å². The molecule has 0 saturated heterocycles. The molecule has 6 heteroatoms. The standard InChI is InChI=1S/C21H29N3O3/c1-5-12-27-18-9-7-8-16(13-18)15-23-21(22-6-2)24-17-10-11-19(25-3)20(14-17)26-4/h7-11,13-14H,5-6,12,15H2,1-4H3,(H2,22,23,24). The maximum Gasteiger partial charge on any atom is 0.196 e. The number of nitrogens with zero attached hydrogens (tertiary/aromatic N) is 1. The summed E-state index contributed by atoms with van der Waals surface area (Å²) >= 11 is 0. The summed E-state index contributed by atoms with van der Waals surface area (Å²) in [5, 5.41) is 6.55. The van der Waals surface area contributed by atoms with Crippen LogP contribution in [0.25, 0.3) is 0 Å². The van der Waals surface area contributed by atoms with Crippen molar-refractivity contribution in [3.8, 4) is 17.2 Å². The Labute approximate surface area is 161 Å². The molecule has 0 aliphatic carbocycles. The SMILES string of the molecule is CCCOc1cccc(CN=C(NCC)Nc2ccc(OC)c(OC)c2)c1. The molecular formula is C21H29N3O3. The fourth-order valence-electron chi connectivity index (χ4n) is 2.48. The second-order valence-electron chi connectivity index (χ2n) is 5.89. The van der Waals surface area contributed by atoms with Gasteiger partial charge >= 0.3 is 0 Å². The first-order valence-electron chi connectivity index (χ1n) is 9.19. The lowest BCUT2D eigenvalue weighted by atomic mass is 10.2. The molecule has 2 aromatic rings. The molecule has 0 spiro atoms. The summed E-state index contributed by atoms with van der Waals surface area (Å²) < 4.78 is 16.3. The van der Waals surface area contributed by atoms with Crippen LogP contribution >= 0.6 is 0 Å². The van der Waals surface area contributed by atoms with Gasteiger partial charge in [-0.25, -0.2) is 4.99 Å². The van der Waals surface area contributed by atoms with Gasteiger partial charge < -0.3 is 24.8 Å². The third-order valence-electron chi connectivity index (χ3n) is 3.78. The van der Waals surface area contributed by atoms with E-state index in [1.807, 2.05) is 49.4 Å². The number of hydrogen-bond acceptors (Lipinski definition) is 4. The van der Waals surface area contributed by atoms with Gasteiger partial charge in [-0.15, -0.1) is 0 Å². The lowest BCUT2D eigenvalue weighted by Crippen LogP contribution is -2.30. The van der Waals surface area contributed by atoms with Crippen LogP contribution in [0, 0.1) is 0 Å². The van der Waals surface area contributed by atoms with Gasteiger partial charge in [0.05, 0.1) is 27.4 Å². The molecule has 0 aliphatic heterocycles. The largest absolute Gasteiger partial charge is 0.494 e. The Kier molecular flexibility index (Phi) is 8.29. The highest BCUT2D eigenvalue weighted by molar-refractivity contribution is 5.93. The van der Waals surface area contributed by atoms with Gasteiger partial charge in [0.25, 0.3) is 0 Å². The van der Waals surface area contributed by atoms with E-state index in [1.54, 1.807) is 14.2 Å². The zero-order chi connectivity index (χ0) is 19.5. The number of benzene rings is 2. The van der Waals surface area contributed by atoms with Crippen LogP contribution in [0.2, 0.25) is 0 Å². The van der Waals surface area contributed by atoms with Gasteiger partial charge in [-0.05, 0) is 43.2 Å². The van der Waals surface area contributed by atoms with Crippen molar-refractivity contribution in [1.82, 2.24) is 5.32 Å². The maximum atomic E-state index is 5.69. The number of nitrogens with one attached hydrogen (secondary N) is 2. The van der Waals surface area contributed by atoms with Crippen LogP contribution in [0.5, 0.6) is 17.2 Å². The molecule has 0 aliphatic rings. The third kappa shape index (κ3) is 6.40. The number of guanidine groups is 1. The average Bonchev–Trinajstić information content (AvgIpc) is 2.70. The zero-order valence-electron chi connectivity index (χ0n) is 16.5. The normalized spacial score (nSPS) is 11.0. The van der Waals surface area contributed by atoms with Crippen LogP contribution in [0.15, 0.2) is 47.5 Å². The molecule has 0 saturated carbocycles. The van der Waals surface area contributed by atoms with Gasteiger partial charge in [0.15, 0.2) is 17.5 Å². The van der Waals surface area contributed by atoms with Gasteiger partial charge in [0.1, 0.15) is 5.75 Å². The smallest absolute Gasteiger partial charge is 0.196 e. The molecular weight excluding hydrogens is 342 g/mol. The summed E-state index contributed by atoms with van der Waals surface area (Å²) in [4.78, 5) is 4.67. The molecule has 0 radical (unpaired) electrons. The Bertz CT molecular complexity index is 747. The Morgan fingerprint density at radius 3 is 2.52 bits per heavy atom. The van der Waals surface area contributed by atoms with E-state index >= 15 is 0 Å². The first-order valence-corrected chi connectivity index (χ1v) is 9.19. The lowest BCUT2D eigenvalue weighted by Gasteiger charge is -2.14. The molecule has 0 heterocycles. The molecule has 2 N–H and O–H groups in total. The number of rotatable bonds is 9. The van der Waals surface area contributed by atoms with Gasteiger partial charge in [-0.1, -0.05) is 19.1 Å². The lowest BCUT2D eigenvalue weighted by molar-refractivity contribution is 0.317. The Balaban J connectivity index is 2.10. The number of ether oxygens (including phenoxy) is 3. The van der Waals surface area contributed by atoms with Crippen molar-refractivity contribution in [2.75, 3.05) is 32.7 Å². The van der Waals surface area contributed by atoms with E-state index < -0.39 is 0 Å². The van der Waals surface area contributed by atoms with Crippen LogP contribution in [0.1, 0.15) is 25.8 Å². The van der Waals surface area contributed by atoms with Crippen molar-refractivity contribution >= 4 is 11.6 Å². The molecule has 0 amide bonds. The van der Waals surface area contributed by atoms with Gasteiger partial charge in [0.2, 0.25) is 0 Å². The number of aliphatic imine (C=N–C) groups is 1. The Hall–Kier alpha value is -2.89. The summed E-state index contributed by atoms with van der Waals surface area (Å²) in [6.07, 6.45) is 0.988. The van der Waals surface area contributed by atoms with Crippen LogP contribution in [0.4, 0.5) is 5.69 Å². The molecule has 0 aromatic heterocycles. The van der Waals surface area contributed by atoms with E-state index in [0.717, 1.165) is 36.6 Å². The molecule has 6 nitrogen and oxygen atoms in total. The molecule has 0 atom stereocenters. The average molecular weight is 371 g/mol. The fraction of sp³-hybridized carbons (Fsp3) is 0.381. The van der Waals surface area contributed by atoms with Gasteiger partial charge in [-0.3, -0.25) is 0 Å². The fourth-order valence-corrected chi connectivity index (χ4v) is 2.48. The minimum absolute atomic E-state index is 0.548. The van der Waals surface area contributed by atoms with Crippen LogP contribution in [-0.4, -0.2) is 33.3 Å². The number of methoxy groups -OCH3 is 2. The zero-order valence-corrected chi connectivity index (χ0v) is 16.5. The molecule has 2 aromatic carbocycles. The predicted molar refractivity (Wildman–Crippen MR) is 110 cm³/mol. The summed E-state index contributed by atoms with van der Waals surface area (Å²) in [7, 11) is 3.24. The van der Waals surface area contributed by atoms with Crippen molar-refractivity contribution in [2.45, 2.75) is 26.8 Å². The number of anilines is 1. The van der Waals surface area contributed by atoms with Crippen molar-refractivity contribution in [2.24, 2.45) is 4.99 Å². The van der Waals surface area contributed by atoms with Gasteiger partial charge in [0, 0.05) is 18.3 Å². The first-order chi connectivity index (χ1) is 13.2. The third-order valence-corrected chi connectivity index (χ3v) is 3.78. The van der Waals surface area contributed by atoms with Crippen molar-refractivity contribution in [3.63, 3.8) is 0 Å². The van der Waals surface area contributed by atoms with Crippen LogP contribution in [-0.2, 0) is 6.54 Å². The topological polar surface area (TPSA) is 64.1 Å². The highest BCUT2D eigenvalue weighted by Gasteiger charge is 2.06. The minimum atomic E-state index is 0.548. The minimum Gasteiger partial charge on any atom is -0.494 e.